The standard InChI is InChI=1S/C14H16N6/c1-10-15-6-3-13(18-10)20-11-7-12(20)9-19(8-11)14-16-4-2-5-17-14/h2-6,11-12H,7-9H2,1H3. The number of anilines is 2. The van der Waals surface area contributed by atoms with E-state index < -0.39 is 0 Å². The summed E-state index contributed by atoms with van der Waals surface area (Å²) in [6.07, 6.45) is 6.67. The Morgan fingerprint density at radius 3 is 2.50 bits per heavy atom. The Balaban J connectivity index is 1.54. The quantitative estimate of drug-likeness (QED) is 0.811. The molecule has 0 aliphatic carbocycles. The van der Waals surface area contributed by atoms with Crippen LogP contribution in [0.5, 0.6) is 0 Å². The van der Waals surface area contributed by atoms with Crippen LogP contribution in [0.25, 0.3) is 0 Å². The second-order valence-corrected chi connectivity index (χ2v) is 5.37. The van der Waals surface area contributed by atoms with Gasteiger partial charge < -0.3 is 9.80 Å². The highest BCUT2D eigenvalue weighted by Gasteiger charge is 2.45. The van der Waals surface area contributed by atoms with Gasteiger partial charge in [-0.3, -0.25) is 0 Å². The van der Waals surface area contributed by atoms with Gasteiger partial charge in [0, 0.05) is 31.7 Å². The number of hydrogen-bond acceptors (Lipinski definition) is 6. The molecule has 2 aromatic rings. The molecule has 102 valence electrons. The summed E-state index contributed by atoms with van der Waals surface area (Å²) in [7, 11) is 0. The maximum absolute atomic E-state index is 4.54. The maximum Gasteiger partial charge on any atom is 0.225 e. The Morgan fingerprint density at radius 2 is 1.80 bits per heavy atom. The zero-order valence-electron chi connectivity index (χ0n) is 11.3. The van der Waals surface area contributed by atoms with E-state index >= 15 is 0 Å². The van der Waals surface area contributed by atoms with Crippen LogP contribution in [0.4, 0.5) is 11.8 Å². The fourth-order valence-corrected chi connectivity index (χ4v) is 3.19. The molecule has 5 rings (SSSR count). The van der Waals surface area contributed by atoms with Gasteiger partial charge in [-0.15, -0.1) is 0 Å². The van der Waals surface area contributed by atoms with Crippen LogP contribution in [-0.4, -0.2) is 45.1 Å². The molecular weight excluding hydrogens is 252 g/mol. The highest BCUT2D eigenvalue weighted by Crippen LogP contribution is 2.36. The molecule has 0 spiro atoms. The van der Waals surface area contributed by atoms with E-state index in [2.05, 4.69) is 29.7 Å². The summed E-state index contributed by atoms with van der Waals surface area (Å²) in [5.41, 5.74) is 0. The minimum absolute atomic E-state index is 0.506. The van der Waals surface area contributed by atoms with Gasteiger partial charge in [0.2, 0.25) is 5.95 Å². The topological polar surface area (TPSA) is 58.0 Å². The molecular formula is C14H16N6. The summed E-state index contributed by atoms with van der Waals surface area (Å²) < 4.78 is 0. The van der Waals surface area contributed by atoms with Crippen molar-refractivity contribution in [3.8, 4) is 0 Å². The fraction of sp³-hybridized carbons (Fsp3) is 0.429. The third-order valence-corrected chi connectivity index (χ3v) is 4.05. The van der Waals surface area contributed by atoms with Crippen LogP contribution in [0.1, 0.15) is 12.2 Å². The largest absolute Gasteiger partial charge is 0.347 e. The zero-order chi connectivity index (χ0) is 13.5. The molecule has 3 saturated heterocycles. The number of fused-ring (bicyclic) bond motifs is 2. The Labute approximate surface area is 117 Å². The lowest BCUT2D eigenvalue weighted by Gasteiger charge is -2.56. The van der Waals surface area contributed by atoms with Crippen molar-refractivity contribution in [2.45, 2.75) is 25.4 Å². The Bertz CT molecular complexity index is 604. The van der Waals surface area contributed by atoms with E-state index in [1.165, 1.54) is 6.42 Å². The van der Waals surface area contributed by atoms with Crippen molar-refractivity contribution in [2.24, 2.45) is 0 Å². The zero-order valence-corrected chi connectivity index (χ0v) is 11.3. The number of nitrogens with zero attached hydrogens (tertiary/aromatic N) is 6. The lowest BCUT2D eigenvalue weighted by molar-refractivity contribution is 0.286. The van der Waals surface area contributed by atoms with Gasteiger partial charge in [0.05, 0.1) is 12.1 Å². The highest BCUT2D eigenvalue weighted by atomic mass is 15.4. The molecule has 0 aromatic carbocycles. The smallest absolute Gasteiger partial charge is 0.225 e. The summed E-state index contributed by atoms with van der Waals surface area (Å²) in [6, 6.07) is 4.86. The molecule has 6 nitrogen and oxygen atoms in total. The van der Waals surface area contributed by atoms with E-state index in [1.807, 2.05) is 25.3 Å². The van der Waals surface area contributed by atoms with Crippen molar-refractivity contribution >= 4 is 11.8 Å². The molecule has 0 N–H and O–H groups in total. The van der Waals surface area contributed by atoms with Gasteiger partial charge in [-0.05, 0) is 25.5 Å². The first-order chi connectivity index (χ1) is 9.81. The fourth-order valence-electron chi connectivity index (χ4n) is 3.19. The molecule has 2 aromatic heterocycles. The molecule has 20 heavy (non-hydrogen) atoms. The summed E-state index contributed by atoms with van der Waals surface area (Å²) >= 11 is 0. The third kappa shape index (κ3) is 1.79. The van der Waals surface area contributed by atoms with E-state index in [4.69, 9.17) is 0 Å². The van der Waals surface area contributed by atoms with Gasteiger partial charge in [0.25, 0.3) is 0 Å². The van der Waals surface area contributed by atoms with Crippen LogP contribution in [0.3, 0.4) is 0 Å². The number of rotatable bonds is 2. The third-order valence-electron chi connectivity index (χ3n) is 4.05. The molecule has 5 heterocycles. The Morgan fingerprint density at radius 1 is 1.05 bits per heavy atom. The van der Waals surface area contributed by atoms with Crippen LogP contribution < -0.4 is 9.80 Å². The van der Waals surface area contributed by atoms with Crippen molar-refractivity contribution in [3.63, 3.8) is 0 Å². The first-order valence-corrected chi connectivity index (χ1v) is 6.91. The second-order valence-electron chi connectivity index (χ2n) is 5.37. The number of piperidine rings is 1. The van der Waals surface area contributed by atoms with Crippen LogP contribution in [-0.2, 0) is 0 Å². The molecule has 3 aliphatic heterocycles. The Kier molecular flexibility index (Phi) is 2.55. The van der Waals surface area contributed by atoms with Gasteiger partial charge in [-0.1, -0.05) is 0 Å². The molecule has 2 bridgehead atoms. The van der Waals surface area contributed by atoms with Crippen molar-refractivity contribution in [3.05, 3.63) is 36.5 Å². The van der Waals surface area contributed by atoms with Crippen molar-refractivity contribution in [2.75, 3.05) is 22.9 Å². The van der Waals surface area contributed by atoms with Gasteiger partial charge in [0.15, 0.2) is 0 Å². The highest BCUT2D eigenvalue weighted by molar-refractivity contribution is 5.50. The normalized spacial score (nSPS) is 24.4. The van der Waals surface area contributed by atoms with E-state index in [9.17, 15) is 0 Å². The molecule has 0 saturated carbocycles. The van der Waals surface area contributed by atoms with Crippen LogP contribution in [0.2, 0.25) is 0 Å². The van der Waals surface area contributed by atoms with Crippen molar-refractivity contribution in [1.82, 2.24) is 19.9 Å². The molecule has 2 unspecified atom stereocenters. The molecule has 3 aliphatic rings. The first kappa shape index (κ1) is 11.6. The van der Waals surface area contributed by atoms with Crippen molar-refractivity contribution in [1.29, 1.82) is 0 Å². The molecule has 6 heteroatoms. The lowest BCUT2D eigenvalue weighted by Crippen LogP contribution is -2.69. The molecule has 0 radical (unpaired) electrons. The Hall–Kier alpha value is -2.24. The summed E-state index contributed by atoms with van der Waals surface area (Å²) in [5, 5.41) is 0. The molecule has 3 fully saturated rings. The van der Waals surface area contributed by atoms with E-state index in [0.717, 1.165) is 30.7 Å². The average Bonchev–Trinajstić information content (AvgIpc) is 2.48. The van der Waals surface area contributed by atoms with E-state index in [1.54, 1.807) is 12.4 Å². The van der Waals surface area contributed by atoms with Gasteiger partial charge in [-0.25, -0.2) is 19.9 Å². The van der Waals surface area contributed by atoms with Crippen LogP contribution in [0.15, 0.2) is 30.7 Å². The minimum Gasteiger partial charge on any atom is -0.347 e. The number of piperazine rings is 1. The monoisotopic (exact) mass is 268 g/mol. The van der Waals surface area contributed by atoms with E-state index in [-0.39, 0.29) is 0 Å². The molecule has 2 atom stereocenters. The number of hydrogen-bond donors (Lipinski definition) is 0. The van der Waals surface area contributed by atoms with Crippen LogP contribution in [0, 0.1) is 6.92 Å². The molecule has 0 amide bonds. The summed E-state index contributed by atoms with van der Waals surface area (Å²) in [5.74, 6) is 2.71. The van der Waals surface area contributed by atoms with Gasteiger partial charge >= 0.3 is 0 Å². The lowest BCUT2D eigenvalue weighted by atomic mass is 9.87. The summed E-state index contributed by atoms with van der Waals surface area (Å²) in [4.78, 5) is 22.1. The minimum atomic E-state index is 0.506. The van der Waals surface area contributed by atoms with E-state index in [0.29, 0.717) is 12.1 Å². The predicted octanol–water partition coefficient (Wildman–Crippen LogP) is 1.04. The average molecular weight is 268 g/mol. The second kappa shape index (κ2) is 4.40. The number of aromatic nitrogens is 4. The van der Waals surface area contributed by atoms with Crippen LogP contribution >= 0.6 is 0 Å². The van der Waals surface area contributed by atoms with Gasteiger partial charge in [0.1, 0.15) is 11.6 Å². The first-order valence-electron chi connectivity index (χ1n) is 6.91. The van der Waals surface area contributed by atoms with Gasteiger partial charge in [-0.2, -0.15) is 0 Å². The summed E-state index contributed by atoms with van der Waals surface area (Å²) in [6.45, 7) is 3.86. The maximum atomic E-state index is 4.54. The SMILES string of the molecule is Cc1nccc(N2C3CC2CN(c2ncccn2)C3)n1. The van der Waals surface area contributed by atoms with Crippen molar-refractivity contribution < 1.29 is 0 Å². The number of aryl methyl sites for hydroxylation is 1. The predicted molar refractivity (Wildman–Crippen MR) is 75.7 cm³/mol.